The van der Waals surface area contributed by atoms with Gasteiger partial charge in [-0.05, 0) is 23.5 Å². The van der Waals surface area contributed by atoms with E-state index < -0.39 is 0 Å². The largest absolute Gasteiger partial charge is 0.493 e. The van der Waals surface area contributed by atoms with Crippen LogP contribution in [0.2, 0.25) is 0 Å². The van der Waals surface area contributed by atoms with E-state index in [2.05, 4.69) is 36.1 Å². The molecule has 0 saturated heterocycles. The summed E-state index contributed by atoms with van der Waals surface area (Å²) in [6.45, 7) is 4.19. The molecule has 128 valence electrons. The molecule has 24 heavy (non-hydrogen) atoms. The summed E-state index contributed by atoms with van der Waals surface area (Å²) in [5, 5.41) is 0. The predicted molar refractivity (Wildman–Crippen MR) is 96.6 cm³/mol. The molecule has 0 amide bonds. The molecule has 4 nitrogen and oxygen atoms in total. The van der Waals surface area contributed by atoms with E-state index >= 15 is 0 Å². The smallest absolute Gasteiger partial charge is 0.203 e. The van der Waals surface area contributed by atoms with Crippen LogP contribution in [0.4, 0.5) is 5.69 Å². The first kappa shape index (κ1) is 16.5. The maximum atomic E-state index is 5.50. The van der Waals surface area contributed by atoms with Gasteiger partial charge in [-0.1, -0.05) is 31.2 Å². The summed E-state index contributed by atoms with van der Waals surface area (Å²) in [6, 6.07) is 12.8. The normalized spacial score (nSPS) is 17.0. The second-order valence-corrected chi connectivity index (χ2v) is 6.19. The SMILES string of the molecule is COc1cc(N2CCC(C)c3ccccc3C2)cc(OC)c1OC. The Morgan fingerprint density at radius 1 is 0.958 bits per heavy atom. The Kier molecular flexibility index (Phi) is 4.84. The summed E-state index contributed by atoms with van der Waals surface area (Å²) in [6.07, 6.45) is 1.12. The predicted octanol–water partition coefficient (Wildman–Crippen LogP) is 4.23. The number of methoxy groups -OCH3 is 3. The number of rotatable bonds is 4. The molecule has 0 bridgehead atoms. The van der Waals surface area contributed by atoms with Crippen LogP contribution in [-0.2, 0) is 6.54 Å². The molecule has 0 radical (unpaired) electrons. The number of fused-ring (bicyclic) bond motifs is 1. The van der Waals surface area contributed by atoms with Crippen molar-refractivity contribution in [3.8, 4) is 17.2 Å². The Balaban J connectivity index is 2.00. The quantitative estimate of drug-likeness (QED) is 0.841. The minimum absolute atomic E-state index is 0.563. The summed E-state index contributed by atoms with van der Waals surface area (Å²) in [5.74, 6) is 2.58. The van der Waals surface area contributed by atoms with Crippen LogP contribution >= 0.6 is 0 Å². The number of hydrogen-bond acceptors (Lipinski definition) is 4. The molecule has 1 heterocycles. The highest BCUT2D eigenvalue weighted by Crippen LogP contribution is 2.42. The van der Waals surface area contributed by atoms with Crippen LogP contribution < -0.4 is 19.1 Å². The van der Waals surface area contributed by atoms with E-state index in [0.29, 0.717) is 23.2 Å². The van der Waals surface area contributed by atoms with Gasteiger partial charge in [-0.15, -0.1) is 0 Å². The molecular formula is C20H25NO3. The molecular weight excluding hydrogens is 302 g/mol. The standard InChI is InChI=1S/C20H25NO3/c1-14-9-10-21(13-15-7-5-6-8-17(14)15)16-11-18(22-2)20(24-4)19(12-16)23-3/h5-8,11-12,14H,9-10,13H2,1-4H3. The molecule has 2 aromatic carbocycles. The van der Waals surface area contributed by atoms with E-state index in [9.17, 15) is 0 Å². The van der Waals surface area contributed by atoms with E-state index in [1.54, 1.807) is 21.3 Å². The highest BCUT2D eigenvalue weighted by Gasteiger charge is 2.22. The lowest BCUT2D eigenvalue weighted by molar-refractivity contribution is 0.324. The molecule has 2 aromatic rings. The van der Waals surface area contributed by atoms with E-state index in [-0.39, 0.29) is 0 Å². The van der Waals surface area contributed by atoms with E-state index in [0.717, 1.165) is 25.2 Å². The topological polar surface area (TPSA) is 30.9 Å². The average Bonchev–Trinajstić information content (AvgIpc) is 2.80. The molecule has 0 fully saturated rings. The van der Waals surface area contributed by atoms with Crippen molar-refractivity contribution in [2.24, 2.45) is 0 Å². The van der Waals surface area contributed by atoms with Crippen molar-refractivity contribution in [1.82, 2.24) is 0 Å². The van der Waals surface area contributed by atoms with Crippen LogP contribution in [0.15, 0.2) is 36.4 Å². The summed E-state index contributed by atoms with van der Waals surface area (Å²) in [5.41, 5.74) is 3.93. The Morgan fingerprint density at radius 3 is 2.25 bits per heavy atom. The van der Waals surface area contributed by atoms with Gasteiger partial charge in [0, 0.05) is 30.9 Å². The van der Waals surface area contributed by atoms with Crippen LogP contribution in [0.5, 0.6) is 17.2 Å². The molecule has 1 aliphatic rings. The van der Waals surface area contributed by atoms with Crippen molar-refractivity contribution in [2.45, 2.75) is 25.8 Å². The van der Waals surface area contributed by atoms with Gasteiger partial charge < -0.3 is 19.1 Å². The van der Waals surface area contributed by atoms with E-state index in [1.807, 2.05) is 12.1 Å². The Labute approximate surface area is 144 Å². The lowest BCUT2D eigenvalue weighted by Gasteiger charge is -2.25. The zero-order valence-corrected chi connectivity index (χ0v) is 14.8. The Morgan fingerprint density at radius 2 is 1.62 bits per heavy atom. The second-order valence-electron chi connectivity index (χ2n) is 6.19. The third-order valence-corrected chi connectivity index (χ3v) is 4.79. The van der Waals surface area contributed by atoms with E-state index in [4.69, 9.17) is 14.2 Å². The summed E-state index contributed by atoms with van der Waals surface area (Å²) in [4.78, 5) is 2.38. The van der Waals surface area contributed by atoms with Gasteiger partial charge in [0.25, 0.3) is 0 Å². The van der Waals surface area contributed by atoms with Crippen molar-refractivity contribution in [2.75, 3.05) is 32.8 Å². The molecule has 4 heteroatoms. The Bertz CT molecular complexity index is 689. The molecule has 0 aliphatic carbocycles. The summed E-state index contributed by atoms with van der Waals surface area (Å²) < 4.78 is 16.4. The molecule has 0 N–H and O–H groups in total. The van der Waals surface area contributed by atoms with Gasteiger partial charge >= 0.3 is 0 Å². The molecule has 3 rings (SSSR count). The molecule has 0 saturated carbocycles. The fourth-order valence-corrected chi connectivity index (χ4v) is 3.42. The molecule has 0 spiro atoms. The van der Waals surface area contributed by atoms with Crippen LogP contribution in [0.3, 0.4) is 0 Å². The minimum Gasteiger partial charge on any atom is -0.493 e. The van der Waals surface area contributed by atoms with Gasteiger partial charge in [-0.3, -0.25) is 0 Å². The second kappa shape index (κ2) is 7.04. The van der Waals surface area contributed by atoms with Crippen molar-refractivity contribution >= 4 is 5.69 Å². The molecule has 1 atom stereocenters. The van der Waals surface area contributed by atoms with Gasteiger partial charge in [-0.2, -0.15) is 0 Å². The van der Waals surface area contributed by atoms with Crippen LogP contribution in [0, 0.1) is 0 Å². The highest BCUT2D eigenvalue weighted by atomic mass is 16.5. The van der Waals surface area contributed by atoms with Gasteiger partial charge in [0.2, 0.25) is 5.75 Å². The van der Waals surface area contributed by atoms with Crippen LogP contribution in [-0.4, -0.2) is 27.9 Å². The van der Waals surface area contributed by atoms with Crippen molar-refractivity contribution in [3.05, 3.63) is 47.5 Å². The van der Waals surface area contributed by atoms with Crippen molar-refractivity contribution in [1.29, 1.82) is 0 Å². The fourth-order valence-electron chi connectivity index (χ4n) is 3.42. The van der Waals surface area contributed by atoms with Crippen LogP contribution in [0.25, 0.3) is 0 Å². The monoisotopic (exact) mass is 327 g/mol. The molecule has 0 aromatic heterocycles. The van der Waals surface area contributed by atoms with Gasteiger partial charge in [-0.25, -0.2) is 0 Å². The van der Waals surface area contributed by atoms with Gasteiger partial charge in [0.1, 0.15) is 0 Å². The Hall–Kier alpha value is -2.36. The average molecular weight is 327 g/mol. The maximum absolute atomic E-state index is 5.50. The molecule has 1 aliphatic heterocycles. The maximum Gasteiger partial charge on any atom is 0.203 e. The number of ether oxygens (including phenoxy) is 3. The first-order valence-electron chi connectivity index (χ1n) is 8.30. The number of benzene rings is 2. The minimum atomic E-state index is 0.563. The summed E-state index contributed by atoms with van der Waals surface area (Å²) >= 11 is 0. The lowest BCUT2D eigenvalue weighted by atomic mass is 9.95. The van der Waals surface area contributed by atoms with Crippen LogP contribution in [0.1, 0.15) is 30.4 Å². The third-order valence-electron chi connectivity index (χ3n) is 4.79. The summed E-state index contributed by atoms with van der Waals surface area (Å²) in [7, 11) is 4.94. The third kappa shape index (κ3) is 3.01. The van der Waals surface area contributed by atoms with Crippen molar-refractivity contribution in [3.63, 3.8) is 0 Å². The van der Waals surface area contributed by atoms with Crippen molar-refractivity contribution < 1.29 is 14.2 Å². The number of anilines is 1. The number of hydrogen-bond donors (Lipinski definition) is 0. The van der Waals surface area contributed by atoms with Gasteiger partial charge in [0.15, 0.2) is 11.5 Å². The fraction of sp³-hybridized carbons (Fsp3) is 0.400. The first-order chi connectivity index (χ1) is 11.7. The first-order valence-corrected chi connectivity index (χ1v) is 8.30. The zero-order valence-electron chi connectivity index (χ0n) is 14.8. The van der Waals surface area contributed by atoms with Gasteiger partial charge in [0.05, 0.1) is 21.3 Å². The molecule has 1 unspecified atom stereocenters. The van der Waals surface area contributed by atoms with E-state index in [1.165, 1.54) is 11.1 Å². The lowest BCUT2D eigenvalue weighted by Crippen LogP contribution is -2.22. The highest BCUT2D eigenvalue weighted by molar-refractivity contribution is 5.64. The zero-order chi connectivity index (χ0) is 17.1. The number of nitrogens with zero attached hydrogens (tertiary/aromatic N) is 1.